The molecule has 0 fully saturated rings. The number of allylic oxidation sites excluding steroid dienone is 2. The molecule has 0 bridgehead atoms. The van der Waals surface area contributed by atoms with E-state index in [-0.39, 0.29) is 0 Å². The van der Waals surface area contributed by atoms with Crippen LogP contribution in [0.4, 0.5) is 0 Å². The van der Waals surface area contributed by atoms with Gasteiger partial charge in [0.25, 0.3) is 0 Å². The van der Waals surface area contributed by atoms with E-state index in [4.69, 9.17) is 0 Å². The Morgan fingerprint density at radius 1 is 1.56 bits per heavy atom. The first kappa shape index (κ1) is 8.92. The average molecular weight is 144 g/mol. The largest absolute Gasteiger partial charge is 0.428 e. The van der Waals surface area contributed by atoms with Gasteiger partial charge in [-0.3, -0.25) is 0 Å². The first-order valence-electron chi connectivity index (χ1n) is 3.38. The Bertz CT molecular complexity index is 111. The summed E-state index contributed by atoms with van der Waals surface area (Å²) in [4.78, 5) is 9.49. The number of hydrogen-bond donors (Lipinski definition) is 1. The third-order valence-electron chi connectivity index (χ3n) is 1.48. The van der Waals surface area contributed by atoms with Crippen LogP contribution in [-0.2, 0) is 0 Å². The maximum atomic E-state index is 9.49. The molecule has 0 heterocycles. The predicted octanol–water partition coefficient (Wildman–Crippen LogP) is 2.08. The molecule has 0 aliphatic rings. The molecule has 0 aromatic rings. The number of rotatable bonds is 2. The molecule has 0 aromatic heterocycles. The Labute approximate surface area is 58.5 Å². The second kappa shape index (κ2) is 3.18. The van der Waals surface area contributed by atoms with E-state index in [1.807, 2.05) is 20.0 Å². The van der Waals surface area contributed by atoms with Gasteiger partial charge in [-0.2, -0.15) is 0 Å². The van der Waals surface area contributed by atoms with Gasteiger partial charge in [-0.1, -0.05) is 18.2 Å². The van der Waals surface area contributed by atoms with Crippen LogP contribution in [0.1, 0.15) is 20.3 Å². The van der Waals surface area contributed by atoms with Gasteiger partial charge in [0, 0.05) is 0 Å². The van der Waals surface area contributed by atoms with Crippen molar-refractivity contribution >= 4 is 8.32 Å². The summed E-state index contributed by atoms with van der Waals surface area (Å²) in [6.45, 7) is 7.97. The Balaban J connectivity index is 4.03. The van der Waals surface area contributed by atoms with Gasteiger partial charge >= 0.3 is 0 Å². The van der Waals surface area contributed by atoms with E-state index in [9.17, 15) is 4.80 Å². The van der Waals surface area contributed by atoms with Crippen molar-refractivity contribution < 1.29 is 4.80 Å². The van der Waals surface area contributed by atoms with Gasteiger partial charge in [-0.25, -0.2) is 0 Å². The number of hydrogen-bond acceptors (Lipinski definition) is 1. The summed E-state index contributed by atoms with van der Waals surface area (Å²) < 4.78 is 0. The van der Waals surface area contributed by atoms with Crippen LogP contribution in [0.3, 0.4) is 0 Å². The Morgan fingerprint density at radius 2 is 2.00 bits per heavy atom. The lowest BCUT2D eigenvalue weighted by molar-refractivity contribution is 0.561. The van der Waals surface area contributed by atoms with Gasteiger partial charge < -0.3 is 4.80 Å². The highest BCUT2D eigenvalue weighted by atomic mass is 28.4. The van der Waals surface area contributed by atoms with Crippen molar-refractivity contribution in [3.8, 4) is 0 Å². The first-order valence-corrected chi connectivity index (χ1v) is 6.32. The molecule has 0 aliphatic carbocycles. The van der Waals surface area contributed by atoms with Gasteiger partial charge in [-0.15, -0.1) is 0 Å². The fraction of sp³-hybridized carbons (Fsp3) is 0.714. The van der Waals surface area contributed by atoms with Crippen molar-refractivity contribution in [1.29, 1.82) is 0 Å². The lowest BCUT2D eigenvalue weighted by Gasteiger charge is -2.13. The molecule has 0 amide bonds. The molecule has 54 valence electrons. The molecule has 0 unspecified atom stereocenters. The van der Waals surface area contributed by atoms with E-state index in [2.05, 4.69) is 13.0 Å². The molecule has 0 radical (unpaired) electrons. The van der Waals surface area contributed by atoms with Crippen LogP contribution in [-0.4, -0.2) is 13.1 Å². The monoisotopic (exact) mass is 144 g/mol. The maximum absolute atomic E-state index is 9.49. The normalized spacial score (nSPS) is 14.1. The van der Waals surface area contributed by atoms with E-state index in [1.165, 1.54) is 5.20 Å². The topological polar surface area (TPSA) is 20.2 Å². The zero-order valence-electron chi connectivity index (χ0n) is 6.73. The van der Waals surface area contributed by atoms with Crippen molar-refractivity contribution in [2.45, 2.75) is 33.4 Å². The van der Waals surface area contributed by atoms with Crippen LogP contribution < -0.4 is 0 Å². The summed E-state index contributed by atoms with van der Waals surface area (Å²) in [5.41, 5.74) is 0. The molecule has 9 heavy (non-hydrogen) atoms. The lowest BCUT2D eigenvalue weighted by atomic mass is 10.4. The molecule has 0 atom stereocenters. The molecule has 0 aliphatic heterocycles. The van der Waals surface area contributed by atoms with Crippen LogP contribution in [0.2, 0.25) is 13.1 Å². The van der Waals surface area contributed by atoms with E-state index in [0.29, 0.717) is 0 Å². The summed E-state index contributed by atoms with van der Waals surface area (Å²) >= 11 is 0. The van der Waals surface area contributed by atoms with E-state index in [1.54, 1.807) is 0 Å². The van der Waals surface area contributed by atoms with E-state index < -0.39 is 8.32 Å². The van der Waals surface area contributed by atoms with Crippen LogP contribution in [0.25, 0.3) is 0 Å². The standard InChI is InChI=1S/C7H16OSi/c1-5-6-7(2)9(3,4)8/h6,8H,5H2,1-4H3/b7-6+. The summed E-state index contributed by atoms with van der Waals surface area (Å²) in [5, 5.41) is 1.19. The first-order chi connectivity index (χ1) is 3.98. The SMILES string of the molecule is CC/C=C(\C)[Si](C)(C)O. The van der Waals surface area contributed by atoms with Gasteiger partial charge in [0.1, 0.15) is 0 Å². The molecule has 0 spiro atoms. The minimum atomic E-state index is -1.92. The molecule has 1 nitrogen and oxygen atoms in total. The van der Waals surface area contributed by atoms with Gasteiger partial charge in [0.15, 0.2) is 0 Å². The van der Waals surface area contributed by atoms with E-state index in [0.717, 1.165) is 6.42 Å². The van der Waals surface area contributed by atoms with Crippen LogP contribution >= 0.6 is 0 Å². The molecule has 0 saturated heterocycles. The quantitative estimate of drug-likeness (QED) is 0.588. The molecule has 2 heteroatoms. The highest BCUT2D eigenvalue weighted by Crippen LogP contribution is 2.09. The fourth-order valence-corrected chi connectivity index (χ4v) is 1.26. The maximum Gasteiger partial charge on any atom is 0.209 e. The Hall–Kier alpha value is -0.0831. The lowest BCUT2D eigenvalue weighted by Crippen LogP contribution is -2.26. The smallest absolute Gasteiger partial charge is 0.209 e. The average Bonchev–Trinajstić information content (AvgIpc) is 1.64. The minimum Gasteiger partial charge on any atom is -0.428 e. The highest BCUT2D eigenvalue weighted by Gasteiger charge is 2.17. The molecule has 0 rings (SSSR count). The Morgan fingerprint density at radius 3 is 2.11 bits per heavy atom. The summed E-state index contributed by atoms with van der Waals surface area (Å²) in [6, 6.07) is 0. The van der Waals surface area contributed by atoms with Crippen LogP contribution in [0.5, 0.6) is 0 Å². The van der Waals surface area contributed by atoms with Crippen molar-refractivity contribution in [3.05, 3.63) is 11.3 Å². The van der Waals surface area contributed by atoms with Crippen molar-refractivity contribution in [1.82, 2.24) is 0 Å². The minimum absolute atomic E-state index is 1.03. The fourth-order valence-electron chi connectivity index (χ4n) is 0.556. The summed E-state index contributed by atoms with van der Waals surface area (Å²) in [6.07, 6.45) is 3.13. The molecule has 0 saturated carbocycles. The summed E-state index contributed by atoms with van der Waals surface area (Å²) in [7, 11) is -1.92. The van der Waals surface area contributed by atoms with Crippen LogP contribution in [0.15, 0.2) is 11.3 Å². The highest BCUT2D eigenvalue weighted by molar-refractivity contribution is 6.77. The third kappa shape index (κ3) is 3.49. The van der Waals surface area contributed by atoms with Crippen molar-refractivity contribution in [2.75, 3.05) is 0 Å². The second-order valence-electron chi connectivity index (χ2n) is 2.85. The Kier molecular flexibility index (Phi) is 3.15. The summed E-state index contributed by atoms with van der Waals surface area (Å²) in [5.74, 6) is 0. The molecular formula is C7H16OSi. The molecular weight excluding hydrogens is 128 g/mol. The zero-order chi connectivity index (χ0) is 7.49. The van der Waals surface area contributed by atoms with Gasteiger partial charge in [-0.05, 0) is 26.4 Å². The van der Waals surface area contributed by atoms with Crippen molar-refractivity contribution in [2.24, 2.45) is 0 Å². The zero-order valence-corrected chi connectivity index (χ0v) is 7.73. The third-order valence-corrected chi connectivity index (χ3v) is 3.61. The van der Waals surface area contributed by atoms with E-state index >= 15 is 0 Å². The molecule has 0 aromatic carbocycles. The predicted molar refractivity (Wildman–Crippen MR) is 43.7 cm³/mol. The van der Waals surface area contributed by atoms with Crippen molar-refractivity contribution in [3.63, 3.8) is 0 Å². The van der Waals surface area contributed by atoms with Crippen LogP contribution in [0, 0.1) is 0 Å². The van der Waals surface area contributed by atoms with Gasteiger partial charge in [0.2, 0.25) is 8.32 Å². The van der Waals surface area contributed by atoms with Gasteiger partial charge in [0.05, 0.1) is 0 Å². The molecule has 1 N–H and O–H groups in total. The second-order valence-corrected chi connectivity index (χ2v) is 6.76.